The Morgan fingerprint density at radius 2 is 2.07 bits per heavy atom. The summed E-state index contributed by atoms with van der Waals surface area (Å²) < 4.78 is 4.73. The molecule has 0 fully saturated rings. The Bertz CT molecular complexity index is 243. The molecular formula is C13H20O2. The molecule has 0 aromatic carbocycles. The molecule has 0 atom stereocenters. The summed E-state index contributed by atoms with van der Waals surface area (Å²) >= 11 is 0. The van der Waals surface area contributed by atoms with Crippen molar-refractivity contribution in [2.24, 2.45) is 0 Å². The molecule has 0 heterocycles. The molecule has 0 saturated carbocycles. The van der Waals surface area contributed by atoms with Crippen LogP contribution in [0.25, 0.3) is 0 Å². The molecule has 0 aliphatic carbocycles. The third kappa shape index (κ3) is 12.8. The van der Waals surface area contributed by atoms with Crippen molar-refractivity contribution in [2.75, 3.05) is 6.61 Å². The largest absolute Gasteiger partial charge is 0.462 e. The molecule has 0 amide bonds. The van der Waals surface area contributed by atoms with Crippen molar-refractivity contribution in [3.63, 3.8) is 0 Å². The number of ether oxygens (including phenoxy) is 1. The summed E-state index contributed by atoms with van der Waals surface area (Å²) in [7, 11) is 0. The first-order valence-corrected chi connectivity index (χ1v) is 5.51. The first kappa shape index (κ1) is 13.8. The van der Waals surface area contributed by atoms with E-state index in [1.165, 1.54) is 26.2 Å². The van der Waals surface area contributed by atoms with Crippen molar-refractivity contribution < 1.29 is 9.53 Å². The summed E-state index contributed by atoms with van der Waals surface area (Å²) in [6, 6.07) is 0. The highest BCUT2D eigenvalue weighted by Crippen LogP contribution is 1.96. The molecule has 2 heteroatoms. The number of hydrogen-bond donors (Lipinski definition) is 0. The van der Waals surface area contributed by atoms with Crippen LogP contribution in [0.1, 0.15) is 46.0 Å². The van der Waals surface area contributed by atoms with Gasteiger partial charge in [-0.15, -0.1) is 5.92 Å². The highest BCUT2D eigenvalue weighted by molar-refractivity contribution is 5.65. The number of esters is 1. The van der Waals surface area contributed by atoms with Gasteiger partial charge in [0.2, 0.25) is 0 Å². The van der Waals surface area contributed by atoms with Crippen LogP contribution < -0.4 is 0 Å². The Morgan fingerprint density at radius 3 is 2.73 bits per heavy atom. The van der Waals surface area contributed by atoms with Gasteiger partial charge in [0.05, 0.1) is 0 Å². The van der Waals surface area contributed by atoms with Gasteiger partial charge in [-0.3, -0.25) is 4.79 Å². The average molecular weight is 208 g/mol. The van der Waals surface area contributed by atoms with Crippen molar-refractivity contribution in [1.29, 1.82) is 0 Å². The lowest BCUT2D eigenvalue weighted by atomic mass is 10.2. The summed E-state index contributed by atoms with van der Waals surface area (Å²) in [6.45, 7) is 3.94. The van der Waals surface area contributed by atoms with Crippen LogP contribution in [-0.2, 0) is 9.53 Å². The van der Waals surface area contributed by atoms with Gasteiger partial charge in [0.1, 0.15) is 6.61 Å². The molecule has 84 valence electrons. The van der Waals surface area contributed by atoms with Gasteiger partial charge in [-0.1, -0.05) is 37.8 Å². The second-order valence-corrected chi connectivity index (χ2v) is 3.29. The Labute approximate surface area is 92.7 Å². The van der Waals surface area contributed by atoms with E-state index < -0.39 is 0 Å². The summed E-state index contributed by atoms with van der Waals surface area (Å²) in [6.07, 6.45) is 9.18. The molecule has 0 aromatic heterocycles. The Hall–Kier alpha value is -1.23. The van der Waals surface area contributed by atoms with E-state index in [1.54, 1.807) is 0 Å². The number of allylic oxidation sites excluding steroid dienone is 1. The predicted octanol–water partition coefficient (Wildman–Crippen LogP) is 3.08. The molecular weight excluding hydrogens is 188 g/mol. The molecule has 0 aliphatic rings. The Balaban J connectivity index is 3.31. The minimum absolute atomic E-state index is 0.245. The van der Waals surface area contributed by atoms with Gasteiger partial charge in [0.15, 0.2) is 0 Å². The highest BCUT2D eigenvalue weighted by atomic mass is 16.5. The van der Waals surface area contributed by atoms with Crippen molar-refractivity contribution in [3.05, 3.63) is 12.2 Å². The van der Waals surface area contributed by atoms with E-state index in [2.05, 4.69) is 18.8 Å². The number of hydrogen-bond acceptors (Lipinski definition) is 2. The zero-order valence-electron chi connectivity index (χ0n) is 9.71. The quantitative estimate of drug-likeness (QED) is 0.290. The van der Waals surface area contributed by atoms with E-state index in [-0.39, 0.29) is 5.97 Å². The summed E-state index contributed by atoms with van der Waals surface area (Å²) in [5.41, 5.74) is 0. The van der Waals surface area contributed by atoms with E-state index >= 15 is 0 Å². The highest BCUT2D eigenvalue weighted by Gasteiger charge is 1.85. The minimum atomic E-state index is -0.245. The van der Waals surface area contributed by atoms with Gasteiger partial charge in [-0.05, 0) is 6.42 Å². The van der Waals surface area contributed by atoms with Gasteiger partial charge >= 0.3 is 5.97 Å². The molecule has 0 spiro atoms. The zero-order chi connectivity index (χ0) is 11.4. The topological polar surface area (TPSA) is 26.3 Å². The monoisotopic (exact) mass is 208 g/mol. The molecule has 0 N–H and O–H groups in total. The van der Waals surface area contributed by atoms with E-state index in [1.807, 2.05) is 12.2 Å². The summed E-state index contributed by atoms with van der Waals surface area (Å²) in [5.74, 6) is 5.92. The van der Waals surface area contributed by atoms with Crippen LogP contribution in [0, 0.1) is 11.8 Å². The number of carbonyl (C=O) groups is 1. The fourth-order valence-electron chi connectivity index (χ4n) is 1.000. The van der Waals surface area contributed by atoms with E-state index in [0.717, 1.165) is 12.8 Å². The lowest BCUT2D eigenvalue weighted by molar-refractivity contribution is -0.139. The van der Waals surface area contributed by atoms with E-state index in [0.29, 0.717) is 6.61 Å². The molecule has 0 saturated heterocycles. The van der Waals surface area contributed by atoms with Crippen LogP contribution in [0.2, 0.25) is 0 Å². The summed E-state index contributed by atoms with van der Waals surface area (Å²) in [4.78, 5) is 10.4. The molecule has 0 radical (unpaired) electrons. The van der Waals surface area contributed by atoms with Crippen molar-refractivity contribution in [3.8, 4) is 11.8 Å². The molecule has 0 unspecified atom stereocenters. The van der Waals surface area contributed by atoms with Crippen molar-refractivity contribution in [2.45, 2.75) is 46.0 Å². The van der Waals surface area contributed by atoms with Crippen LogP contribution in [0.3, 0.4) is 0 Å². The van der Waals surface area contributed by atoms with Crippen LogP contribution in [0.15, 0.2) is 12.2 Å². The van der Waals surface area contributed by atoms with Gasteiger partial charge in [0, 0.05) is 19.8 Å². The van der Waals surface area contributed by atoms with Crippen molar-refractivity contribution in [1.82, 2.24) is 0 Å². The lowest BCUT2D eigenvalue weighted by Crippen LogP contribution is -1.97. The van der Waals surface area contributed by atoms with E-state index in [4.69, 9.17) is 4.74 Å². The first-order valence-electron chi connectivity index (χ1n) is 5.51. The molecule has 15 heavy (non-hydrogen) atoms. The second-order valence-electron chi connectivity index (χ2n) is 3.29. The maximum Gasteiger partial charge on any atom is 0.302 e. The third-order valence-corrected chi connectivity index (χ3v) is 1.80. The van der Waals surface area contributed by atoms with Crippen LogP contribution in [-0.4, -0.2) is 12.6 Å². The number of unbranched alkanes of at least 4 members (excludes halogenated alkanes) is 3. The predicted molar refractivity (Wildman–Crippen MR) is 62.3 cm³/mol. The molecule has 2 nitrogen and oxygen atoms in total. The maximum absolute atomic E-state index is 10.4. The SMILES string of the molecule is CCCCCC#CCC=CCOC(C)=O. The minimum Gasteiger partial charge on any atom is -0.462 e. The maximum atomic E-state index is 10.4. The van der Waals surface area contributed by atoms with Crippen LogP contribution >= 0.6 is 0 Å². The zero-order valence-corrected chi connectivity index (χ0v) is 9.71. The first-order chi connectivity index (χ1) is 7.27. The van der Waals surface area contributed by atoms with E-state index in [9.17, 15) is 4.79 Å². The van der Waals surface area contributed by atoms with Crippen molar-refractivity contribution >= 4 is 5.97 Å². The standard InChI is InChI=1S/C13H20O2/c1-3-4-5-6-7-8-9-10-11-12-15-13(2)14/h10-11H,3-6,9,12H2,1-2H3. The van der Waals surface area contributed by atoms with Crippen LogP contribution in [0.4, 0.5) is 0 Å². The molecule has 0 aromatic rings. The smallest absolute Gasteiger partial charge is 0.302 e. The molecule has 0 bridgehead atoms. The summed E-state index contributed by atoms with van der Waals surface area (Å²) in [5, 5.41) is 0. The van der Waals surface area contributed by atoms with Gasteiger partial charge < -0.3 is 4.74 Å². The third-order valence-electron chi connectivity index (χ3n) is 1.80. The second kappa shape index (κ2) is 10.8. The fourth-order valence-corrected chi connectivity index (χ4v) is 1.000. The van der Waals surface area contributed by atoms with Gasteiger partial charge in [0.25, 0.3) is 0 Å². The van der Waals surface area contributed by atoms with Gasteiger partial charge in [-0.25, -0.2) is 0 Å². The fraction of sp³-hybridized carbons (Fsp3) is 0.615. The Kier molecular flexibility index (Phi) is 9.96. The number of carbonyl (C=O) groups excluding carboxylic acids is 1. The lowest BCUT2D eigenvalue weighted by Gasteiger charge is -1.92. The Morgan fingerprint density at radius 1 is 1.27 bits per heavy atom. The van der Waals surface area contributed by atoms with Gasteiger partial charge in [-0.2, -0.15) is 0 Å². The molecule has 0 aliphatic heterocycles. The normalized spacial score (nSPS) is 9.73. The average Bonchev–Trinajstić information content (AvgIpc) is 2.20. The van der Waals surface area contributed by atoms with Crippen LogP contribution in [0.5, 0.6) is 0 Å². The number of rotatable bonds is 6. The molecule has 0 rings (SSSR count).